The van der Waals surface area contributed by atoms with E-state index in [4.69, 9.17) is 16.3 Å². The zero-order valence-corrected chi connectivity index (χ0v) is 18.3. The maximum Gasteiger partial charge on any atom is 0.350 e. The van der Waals surface area contributed by atoms with Gasteiger partial charge < -0.3 is 4.74 Å². The minimum atomic E-state index is -1.91. The van der Waals surface area contributed by atoms with Crippen molar-refractivity contribution in [3.05, 3.63) is 49.9 Å². The summed E-state index contributed by atoms with van der Waals surface area (Å²) in [5.41, 5.74) is 1.99. The molecule has 6 nitrogen and oxygen atoms in total. The van der Waals surface area contributed by atoms with Gasteiger partial charge in [0.25, 0.3) is 0 Å². The van der Waals surface area contributed by atoms with Crippen LogP contribution in [0.15, 0.2) is 22.2 Å². The zero-order valence-electron chi connectivity index (χ0n) is 16.7. The van der Waals surface area contributed by atoms with Crippen LogP contribution in [-0.4, -0.2) is 47.1 Å². The number of hydrogen-bond donors (Lipinski definition) is 0. The molecular weight excluding hydrogens is 397 g/mol. The summed E-state index contributed by atoms with van der Waals surface area (Å²) in [6.07, 6.45) is 8.69. The lowest BCUT2D eigenvalue weighted by Gasteiger charge is -2.16. The maximum absolute atomic E-state index is 12.8. The van der Waals surface area contributed by atoms with Crippen molar-refractivity contribution < 1.29 is 9.53 Å². The predicted molar refractivity (Wildman–Crippen MR) is 116 cm³/mol. The first-order valence-corrected chi connectivity index (χ1v) is 12.4. The Bertz CT molecular complexity index is 1080. The van der Waals surface area contributed by atoms with Gasteiger partial charge in [-0.15, -0.1) is 5.10 Å². The molecule has 1 aliphatic heterocycles. The summed E-state index contributed by atoms with van der Waals surface area (Å²) in [6, 6.07) is 3.59. The molecule has 0 radical (unpaired) electrons. The van der Waals surface area contributed by atoms with Gasteiger partial charge in [-0.3, -0.25) is 4.57 Å². The molecule has 2 aromatic rings. The number of fused-ring (bicyclic) bond motifs is 1. The van der Waals surface area contributed by atoms with E-state index in [1.54, 1.807) is 22.8 Å². The van der Waals surface area contributed by atoms with Crippen molar-refractivity contribution in [2.24, 2.45) is 0 Å². The number of methoxy groups -OCH3 is 1. The summed E-state index contributed by atoms with van der Waals surface area (Å²) in [5.74, 6) is 0.393. The molecule has 1 aromatic carbocycles. The molecule has 0 amide bonds. The molecular formula is C20H25ClN3O3P. The number of esters is 1. The second-order valence-corrected chi connectivity index (χ2v) is 11.8. The monoisotopic (exact) mass is 421 g/mol. The summed E-state index contributed by atoms with van der Waals surface area (Å²) in [5, 5.41) is 5.53. The van der Waals surface area contributed by atoms with E-state index in [0.717, 1.165) is 30.7 Å². The van der Waals surface area contributed by atoms with Crippen LogP contribution in [0.1, 0.15) is 29.8 Å². The molecule has 0 unspecified atom stereocenters. The Hall–Kier alpha value is -2.04. The summed E-state index contributed by atoms with van der Waals surface area (Å²) in [7, 11) is 1.35. The van der Waals surface area contributed by atoms with Crippen LogP contribution < -0.4 is 5.69 Å². The number of halogens is 1. The van der Waals surface area contributed by atoms with E-state index in [-0.39, 0.29) is 5.69 Å². The molecule has 150 valence electrons. The minimum Gasteiger partial charge on any atom is -0.465 e. The van der Waals surface area contributed by atoms with E-state index in [1.165, 1.54) is 11.8 Å². The van der Waals surface area contributed by atoms with Crippen LogP contribution in [0.4, 0.5) is 0 Å². The number of nitrogens with zero attached hydrogens (tertiary/aromatic N) is 3. The quantitative estimate of drug-likeness (QED) is 0.430. The summed E-state index contributed by atoms with van der Waals surface area (Å²) < 4.78 is 8.10. The fourth-order valence-corrected chi connectivity index (χ4v) is 4.65. The van der Waals surface area contributed by atoms with Crippen molar-refractivity contribution in [3.63, 3.8) is 0 Å². The van der Waals surface area contributed by atoms with Gasteiger partial charge in [0.1, 0.15) is 5.82 Å². The highest BCUT2D eigenvalue weighted by atomic mass is 35.5. The van der Waals surface area contributed by atoms with Crippen LogP contribution in [0.5, 0.6) is 0 Å². The van der Waals surface area contributed by atoms with Crippen molar-refractivity contribution >= 4 is 36.8 Å². The average Bonchev–Trinajstić information content (AvgIpc) is 2.96. The molecule has 0 saturated heterocycles. The van der Waals surface area contributed by atoms with Crippen LogP contribution in [0, 0.1) is 6.92 Å². The van der Waals surface area contributed by atoms with E-state index in [1.807, 2.05) is 20.3 Å². The van der Waals surface area contributed by atoms with E-state index < -0.39 is 12.9 Å². The van der Waals surface area contributed by atoms with Gasteiger partial charge in [0.2, 0.25) is 0 Å². The minimum absolute atomic E-state index is 0.145. The smallest absolute Gasteiger partial charge is 0.350 e. The fourth-order valence-electron chi connectivity index (χ4n) is 3.31. The Morgan fingerprint density at radius 2 is 2.07 bits per heavy atom. The number of carbonyl (C=O) groups excluding carboxylic acids is 1. The molecule has 3 rings (SSSR count). The highest BCUT2D eigenvalue weighted by Crippen LogP contribution is 2.47. The third-order valence-corrected chi connectivity index (χ3v) is 6.80. The molecule has 28 heavy (non-hydrogen) atoms. The Morgan fingerprint density at radius 3 is 2.68 bits per heavy atom. The highest BCUT2D eigenvalue weighted by Gasteiger charge is 2.21. The summed E-state index contributed by atoms with van der Waals surface area (Å²) in [6.45, 7) is 4.55. The summed E-state index contributed by atoms with van der Waals surface area (Å²) in [4.78, 5) is 25.1. The molecule has 0 aliphatic carbocycles. The topological polar surface area (TPSA) is 66.1 Å². The van der Waals surface area contributed by atoms with Gasteiger partial charge in [-0.05, 0) is 62.4 Å². The number of benzene rings is 1. The van der Waals surface area contributed by atoms with Crippen LogP contribution >= 0.6 is 18.5 Å². The fraction of sp³-hybridized carbons (Fsp3) is 0.400. The van der Waals surface area contributed by atoms with Gasteiger partial charge in [0.05, 0.1) is 18.1 Å². The van der Waals surface area contributed by atoms with Crippen molar-refractivity contribution in [3.8, 4) is 5.69 Å². The van der Waals surface area contributed by atoms with E-state index >= 15 is 0 Å². The first-order chi connectivity index (χ1) is 13.1. The molecule has 0 bridgehead atoms. The molecule has 0 spiro atoms. The van der Waals surface area contributed by atoms with Crippen molar-refractivity contribution in [2.75, 3.05) is 20.4 Å². The lowest BCUT2D eigenvalue weighted by Crippen LogP contribution is -2.26. The van der Waals surface area contributed by atoms with Gasteiger partial charge in [-0.2, -0.15) is 4.68 Å². The Balaban J connectivity index is 2.18. The molecule has 0 atom stereocenters. The lowest BCUT2D eigenvalue weighted by molar-refractivity contribution is -0.135. The number of ether oxygens (including phenoxy) is 1. The van der Waals surface area contributed by atoms with Gasteiger partial charge in [-0.1, -0.05) is 24.8 Å². The number of hydrogen-bond acceptors (Lipinski definition) is 4. The van der Waals surface area contributed by atoms with Crippen molar-refractivity contribution in [1.82, 2.24) is 14.3 Å². The maximum atomic E-state index is 12.8. The molecule has 0 saturated carbocycles. The van der Waals surface area contributed by atoms with Crippen LogP contribution in [0.2, 0.25) is 5.02 Å². The molecule has 0 N–H and O–H groups in total. The highest BCUT2D eigenvalue weighted by molar-refractivity contribution is 7.77. The largest absolute Gasteiger partial charge is 0.465 e. The van der Waals surface area contributed by atoms with E-state index in [0.29, 0.717) is 28.1 Å². The van der Waals surface area contributed by atoms with Gasteiger partial charge in [0.15, 0.2) is 0 Å². The number of aromatic nitrogens is 3. The second kappa shape index (κ2) is 7.76. The van der Waals surface area contributed by atoms with Crippen molar-refractivity contribution in [2.45, 2.75) is 32.7 Å². The second-order valence-electron chi connectivity index (χ2n) is 7.59. The number of rotatable bonds is 4. The molecule has 1 aliphatic rings. The van der Waals surface area contributed by atoms with Gasteiger partial charge in [-0.25, -0.2) is 9.59 Å². The number of aryl methyl sites for hydroxylation is 2. The van der Waals surface area contributed by atoms with Crippen LogP contribution in [0.25, 0.3) is 11.8 Å². The average molecular weight is 422 g/mol. The third kappa shape index (κ3) is 3.89. The number of carbonyl (C=O) groups is 1. The lowest BCUT2D eigenvalue weighted by atomic mass is 10.1. The first kappa shape index (κ1) is 20.7. The standard InChI is InChI=1S/C20H25ClN3O3P/c1-13-10-15(21)14(12-17(19(25)27-2)28(3,4)5)11-16(13)24-20(26)23-9-7-6-8-18(23)22-24/h10-12H,3,6-9H2,1-2,4-5H3/b17-12+. The molecule has 8 heteroatoms. The molecule has 2 heterocycles. The van der Waals surface area contributed by atoms with E-state index in [2.05, 4.69) is 11.4 Å². The Morgan fingerprint density at radius 1 is 1.36 bits per heavy atom. The normalized spacial score (nSPS) is 14.7. The Labute approximate surface area is 169 Å². The Kier molecular flexibility index (Phi) is 5.74. The van der Waals surface area contributed by atoms with E-state index in [9.17, 15) is 9.59 Å². The van der Waals surface area contributed by atoms with Crippen LogP contribution in [0.3, 0.4) is 0 Å². The van der Waals surface area contributed by atoms with Crippen molar-refractivity contribution in [1.29, 1.82) is 0 Å². The van der Waals surface area contributed by atoms with Gasteiger partial charge in [0, 0.05) is 18.0 Å². The molecule has 0 fully saturated rings. The SMILES string of the molecule is C=P(C)(C)/C(=C/c1cc(-n2nc3n(c2=O)CCCC3)c(C)cc1Cl)C(=O)OC. The summed E-state index contributed by atoms with van der Waals surface area (Å²) >= 11 is 6.45. The predicted octanol–water partition coefficient (Wildman–Crippen LogP) is 3.56. The van der Waals surface area contributed by atoms with Crippen LogP contribution in [-0.2, 0) is 22.5 Å². The zero-order chi connectivity index (χ0) is 20.6. The third-order valence-electron chi connectivity index (χ3n) is 4.85. The van der Waals surface area contributed by atoms with Gasteiger partial charge >= 0.3 is 11.7 Å². The first-order valence-electron chi connectivity index (χ1n) is 9.11. The molecule has 1 aromatic heterocycles.